The molecule has 0 saturated carbocycles. The number of hydrogen-bond acceptors (Lipinski definition) is 2. The minimum Gasteiger partial charge on any atom is -0.362 e. The van der Waals surface area contributed by atoms with Crippen molar-refractivity contribution in [2.24, 2.45) is 0 Å². The number of hydrogen-bond donors (Lipinski definition) is 0. The van der Waals surface area contributed by atoms with Crippen LogP contribution in [0.15, 0.2) is 16.9 Å². The summed E-state index contributed by atoms with van der Waals surface area (Å²) in [5, 5.41) is 4.01. The molecule has 1 aromatic rings. The maximum absolute atomic E-state index is 4.82. The topological polar surface area (TPSA) is 27.1 Å². The van der Waals surface area contributed by atoms with Crippen LogP contribution < -0.4 is 0 Å². The van der Waals surface area contributed by atoms with Crippen LogP contribution in [0.25, 0.3) is 0 Å². The molecule has 1 rings (SSSR count). The molecule has 3 nitrogen and oxygen atoms in total. The summed E-state index contributed by atoms with van der Waals surface area (Å²) in [7, 11) is 1.63. The third-order valence-electron chi connectivity index (χ3n) is 0.869. The van der Waals surface area contributed by atoms with Gasteiger partial charge in [0, 0.05) is 13.3 Å². The molecule has 0 spiro atoms. The smallest absolute Gasteiger partial charge is 0.138 e. The Balaban J connectivity index is 2.61. The third kappa shape index (κ3) is 1.80. The van der Waals surface area contributed by atoms with Gasteiger partial charge in [0.15, 0.2) is 0 Å². The van der Waals surface area contributed by atoms with Crippen molar-refractivity contribution in [3.8, 4) is 0 Å². The molecule has 0 aliphatic rings. The molecule has 0 atom stereocenters. The average molecular weight is 191 g/mol. The summed E-state index contributed by atoms with van der Waals surface area (Å²) in [6, 6.07) is 1.86. The van der Waals surface area contributed by atoms with Gasteiger partial charge >= 0.3 is 0 Å². The van der Waals surface area contributed by atoms with Gasteiger partial charge in [0.25, 0.3) is 0 Å². The second kappa shape index (κ2) is 2.98. The van der Waals surface area contributed by atoms with Gasteiger partial charge in [-0.05, 0) is 22.0 Å². The van der Waals surface area contributed by atoms with Crippen molar-refractivity contribution in [1.29, 1.82) is 0 Å². The molecule has 0 radical (unpaired) electrons. The van der Waals surface area contributed by atoms with Crippen LogP contribution in [-0.4, -0.2) is 16.9 Å². The first-order valence-corrected chi connectivity index (χ1v) is 3.30. The Labute approximate surface area is 61.7 Å². The highest BCUT2D eigenvalue weighted by Gasteiger charge is 1.90. The number of nitrogens with zero attached hydrogens (tertiary/aromatic N) is 2. The number of rotatable bonds is 2. The summed E-state index contributed by atoms with van der Waals surface area (Å²) in [5.74, 6) is 0. The van der Waals surface area contributed by atoms with Crippen molar-refractivity contribution >= 4 is 15.9 Å². The fourth-order valence-corrected chi connectivity index (χ4v) is 0.863. The lowest BCUT2D eigenvalue weighted by Crippen LogP contribution is -1.99. The van der Waals surface area contributed by atoms with Gasteiger partial charge in [0.1, 0.15) is 11.3 Å². The third-order valence-corrected chi connectivity index (χ3v) is 1.29. The number of halogens is 1. The molecule has 50 valence electrons. The van der Waals surface area contributed by atoms with Crippen LogP contribution in [0.1, 0.15) is 0 Å². The van der Waals surface area contributed by atoms with Crippen LogP contribution in [0.4, 0.5) is 0 Å². The Hall–Kier alpha value is -0.350. The molecule has 0 amide bonds. The Kier molecular flexibility index (Phi) is 2.24. The Bertz CT molecular complexity index is 187. The summed E-state index contributed by atoms with van der Waals surface area (Å²) < 4.78 is 7.35. The fourth-order valence-electron chi connectivity index (χ4n) is 0.541. The first-order chi connectivity index (χ1) is 4.33. The van der Waals surface area contributed by atoms with E-state index in [1.165, 1.54) is 0 Å². The predicted molar refractivity (Wildman–Crippen MR) is 36.9 cm³/mol. The molecule has 0 fully saturated rings. The minimum absolute atomic E-state index is 0.506. The van der Waals surface area contributed by atoms with E-state index in [1.807, 2.05) is 12.3 Å². The van der Waals surface area contributed by atoms with E-state index in [0.29, 0.717) is 6.73 Å². The lowest BCUT2D eigenvalue weighted by atomic mass is 10.8. The molecule has 4 heteroatoms. The van der Waals surface area contributed by atoms with E-state index < -0.39 is 0 Å². The molecule has 0 aromatic carbocycles. The van der Waals surface area contributed by atoms with Gasteiger partial charge in [-0.3, -0.25) is 0 Å². The fraction of sp³-hybridized carbons (Fsp3) is 0.400. The maximum atomic E-state index is 4.82. The van der Waals surface area contributed by atoms with Crippen LogP contribution in [0.2, 0.25) is 0 Å². The summed E-state index contributed by atoms with van der Waals surface area (Å²) in [6.45, 7) is 0.506. The van der Waals surface area contributed by atoms with Crippen molar-refractivity contribution in [3.63, 3.8) is 0 Å². The van der Waals surface area contributed by atoms with Crippen LogP contribution in [-0.2, 0) is 11.5 Å². The molecule has 0 N–H and O–H groups in total. The quantitative estimate of drug-likeness (QED) is 0.703. The summed E-state index contributed by atoms with van der Waals surface area (Å²) in [4.78, 5) is 0. The SMILES string of the molecule is COCn1ccc(Br)n1. The lowest BCUT2D eigenvalue weighted by molar-refractivity contribution is 0.120. The van der Waals surface area contributed by atoms with E-state index in [4.69, 9.17) is 4.74 Å². The lowest BCUT2D eigenvalue weighted by Gasteiger charge is -1.94. The second-order valence-electron chi connectivity index (χ2n) is 1.60. The van der Waals surface area contributed by atoms with Crippen LogP contribution in [0.3, 0.4) is 0 Å². The van der Waals surface area contributed by atoms with E-state index in [1.54, 1.807) is 11.8 Å². The molecule has 9 heavy (non-hydrogen) atoms. The molecule has 0 aliphatic heterocycles. The molecular weight excluding hydrogens is 184 g/mol. The van der Waals surface area contributed by atoms with Gasteiger partial charge in [-0.25, -0.2) is 4.68 Å². The molecule has 0 bridgehead atoms. The van der Waals surface area contributed by atoms with Crippen LogP contribution in [0, 0.1) is 0 Å². The van der Waals surface area contributed by atoms with Gasteiger partial charge in [-0.1, -0.05) is 0 Å². The van der Waals surface area contributed by atoms with E-state index in [0.717, 1.165) is 4.60 Å². The average Bonchev–Trinajstić information content (AvgIpc) is 2.17. The minimum atomic E-state index is 0.506. The molecule has 0 saturated heterocycles. The van der Waals surface area contributed by atoms with E-state index >= 15 is 0 Å². The van der Waals surface area contributed by atoms with Crippen LogP contribution >= 0.6 is 15.9 Å². The molecular formula is C5H7BrN2O. The Morgan fingerprint density at radius 3 is 3.11 bits per heavy atom. The summed E-state index contributed by atoms with van der Waals surface area (Å²) >= 11 is 3.21. The highest BCUT2D eigenvalue weighted by molar-refractivity contribution is 9.10. The molecule has 0 unspecified atom stereocenters. The summed E-state index contributed by atoms with van der Waals surface area (Å²) in [5.41, 5.74) is 0. The van der Waals surface area contributed by atoms with Gasteiger partial charge in [-0.15, -0.1) is 0 Å². The van der Waals surface area contributed by atoms with Gasteiger partial charge in [0.2, 0.25) is 0 Å². The first kappa shape index (κ1) is 6.77. The molecule has 1 aromatic heterocycles. The monoisotopic (exact) mass is 190 g/mol. The van der Waals surface area contributed by atoms with Gasteiger partial charge in [0.05, 0.1) is 0 Å². The highest BCUT2D eigenvalue weighted by atomic mass is 79.9. The van der Waals surface area contributed by atoms with E-state index in [2.05, 4.69) is 21.0 Å². The zero-order chi connectivity index (χ0) is 6.69. The number of aromatic nitrogens is 2. The van der Waals surface area contributed by atoms with Crippen molar-refractivity contribution < 1.29 is 4.74 Å². The van der Waals surface area contributed by atoms with Crippen molar-refractivity contribution in [3.05, 3.63) is 16.9 Å². The first-order valence-electron chi connectivity index (χ1n) is 2.51. The predicted octanol–water partition coefficient (Wildman–Crippen LogP) is 1.25. The zero-order valence-corrected chi connectivity index (χ0v) is 6.63. The largest absolute Gasteiger partial charge is 0.362 e. The highest BCUT2D eigenvalue weighted by Crippen LogP contribution is 2.03. The van der Waals surface area contributed by atoms with E-state index in [9.17, 15) is 0 Å². The normalized spacial score (nSPS) is 10.0. The van der Waals surface area contributed by atoms with Gasteiger partial charge < -0.3 is 4.74 Å². The number of methoxy groups -OCH3 is 1. The molecule has 1 heterocycles. The summed E-state index contributed by atoms with van der Waals surface area (Å²) in [6.07, 6.45) is 1.84. The maximum Gasteiger partial charge on any atom is 0.138 e. The Morgan fingerprint density at radius 1 is 1.89 bits per heavy atom. The van der Waals surface area contributed by atoms with Crippen molar-refractivity contribution in [2.45, 2.75) is 6.73 Å². The second-order valence-corrected chi connectivity index (χ2v) is 2.41. The Morgan fingerprint density at radius 2 is 2.67 bits per heavy atom. The van der Waals surface area contributed by atoms with Gasteiger partial charge in [-0.2, -0.15) is 5.10 Å². The zero-order valence-electron chi connectivity index (χ0n) is 5.04. The van der Waals surface area contributed by atoms with Crippen molar-refractivity contribution in [1.82, 2.24) is 9.78 Å². The van der Waals surface area contributed by atoms with Crippen molar-refractivity contribution in [2.75, 3.05) is 7.11 Å². The van der Waals surface area contributed by atoms with E-state index in [-0.39, 0.29) is 0 Å². The number of ether oxygens (including phenoxy) is 1. The molecule has 0 aliphatic carbocycles. The standard InChI is InChI=1S/C5H7BrN2O/c1-9-4-8-3-2-5(6)7-8/h2-3H,4H2,1H3. The van der Waals surface area contributed by atoms with Crippen LogP contribution in [0.5, 0.6) is 0 Å².